The number of aromatic nitrogens is 1. The largest absolute Gasteiger partial charge is 0.361 e. The molecule has 0 radical (unpaired) electrons. The van der Waals surface area contributed by atoms with E-state index in [0.717, 1.165) is 36.6 Å². The first kappa shape index (κ1) is 21.2. The van der Waals surface area contributed by atoms with Gasteiger partial charge in [-0.3, -0.25) is 9.88 Å². The van der Waals surface area contributed by atoms with Crippen molar-refractivity contribution >= 4 is 34.6 Å². The summed E-state index contributed by atoms with van der Waals surface area (Å²) in [6.07, 6.45) is 1.62. The molecule has 1 atom stereocenters. The smallest absolute Gasteiger partial charge is 0.205 e. The molecule has 154 valence electrons. The lowest BCUT2D eigenvalue weighted by atomic mass is 10.0. The van der Waals surface area contributed by atoms with Gasteiger partial charge in [0.25, 0.3) is 0 Å². The van der Waals surface area contributed by atoms with Gasteiger partial charge in [-0.05, 0) is 42.0 Å². The van der Waals surface area contributed by atoms with E-state index in [1.165, 1.54) is 0 Å². The van der Waals surface area contributed by atoms with Crippen molar-refractivity contribution in [3.63, 3.8) is 0 Å². The highest BCUT2D eigenvalue weighted by Gasteiger charge is 2.30. The molecule has 0 amide bonds. The molecular formula is C24H19Cl2N5. The van der Waals surface area contributed by atoms with Crippen LogP contribution in [0, 0.1) is 17.9 Å². The molecule has 0 unspecified atom stereocenters. The molecule has 1 saturated heterocycles. The number of anilines is 1. The second kappa shape index (κ2) is 9.37. The Kier molecular flexibility index (Phi) is 6.39. The fourth-order valence-corrected chi connectivity index (χ4v) is 4.27. The maximum absolute atomic E-state index is 9.16. The van der Waals surface area contributed by atoms with Crippen molar-refractivity contribution in [2.45, 2.75) is 12.6 Å². The molecule has 0 aliphatic carbocycles. The molecule has 0 N–H and O–H groups in total. The molecule has 1 aliphatic heterocycles. The van der Waals surface area contributed by atoms with Gasteiger partial charge in [0.1, 0.15) is 0 Å². The molecule has 2 aromatic carbocycles. The molecule has 1 aliphatic rings. The summed E-state index contributed by atoms with van der Waals surface area (Å²) in [6, 6.07) is 19.3. The van der Waals surface area contributed by atoms with E-state index in [1.54, 1.807) is 24.4 Å². The van der Waals surface area contributed by atoms with Gasteiger partial charge in [0.05, 0.1) is 40.7 Å². The first-order valence-corrected chi connectivity index (χ1v) is 10.6. The van der Waals surface area contributed by atoms with Gasteiger partial charge in [-0.1, -0.05) is 41.4 Å². The van der Waals surface area contributed by atoms with E-state index in [-0.39, 0.29) is 6.04 Å². The zero-order chi connectivity index (χ0) is 21.8. The number of piperazine rings is 1. The van der Waals surface area contributed by atoms with Crippen LogP contribution in [0.15, 0.2) is 60.8 Å². The molecule has 0 spiro atoms. The minimum Gasteiger partial charge on any atom is -0.361 e. The second-order valence-electron chi connectivity index (χ2n) is 7.39. The average Bonchev–Trinajstić information content (AvgIpc) is 2.80. The molecule has 1 aromatic heterocycles. The summed E-state index contributed by atoms with van der Waals surface area (Å²) >= 11 is 12.7. The van der Waals surface area contributed by atoms with Gasteiger partial charge in [0.15, 0.2) is 0 Å². The molecule has 4 rings (SSSR count). The average molecular weight is 448 g/mol. The summed E-state index contributed by atoms with van der Waals surface area (Å²) < 4.78 is 0. The van der Waals surface area contributed by atoms with Crippen molar-refractivity contribution in [1.29, 1.82) is 5.26 Å². The third-order valence-corrected chi connectivity index (χ3v) is 5.98. The van der Waals surface area contributed by atoms with Gasteiger partial charge in [0.2, 0.25) is 5.69 Å². The van der Waals surface area contributed by atoms with Crippen LogP contribution < -0.4 is 4.90 Å². The van der Waals surface area contributed by atoms with Crippen molar-refractivity contribution in [3.05, 3.63) is 99.1 Å². The fourth-order valence-electron chi connectivity index (χ4n) is 3.86. The monoisotopic (exact) mass is 447 g/mol. The first-order valence-electron chi connectivity index (χ1n) is 9.84. The summed E-state index contributed by atoms with van der Waals surface area (Å²) in [6.45, 7) is 10.2. The normalized spacial score (nSPS) is 16.5. The topological polar surface area (TPSA) is 47.5 Å². The molecule has 31 heavy (non-hydrogen) atoms. The van der Waals surface area contributed by atoms with E-state index in [1.807, 2.05) is 36.4 Å². The van der Waals surface area contributed by atoms with Crippen LogP contribution in [-0.4, -0.2) is 29.5 Å². The van der Waals surface area contributed by atoms with Gasteiger partial charge in [0, 0.05) is 37.4 Å². The molecule has 5 nitrogen and oxygen atoms in total. The van der Waals surface area contributed by atoms with E-state index in [4.69, 9.17) is 35.0 Å². The minimum atomic E-state index is 0.0685. The quantitative estimate of drug-likeness (QED) is 0.468. The van der Waals surface area contributed by atoms with Crippen LogP contribution >= 0.6 is 23.2 Å². The number of rotatable bonds is 4. The standard InChI is InChI=1S/C24H19Cl2N5/c1-28-20-7-8-21(29-14-20)15-30-10-11-31(23-9-2-17(13-27)12-22(23)26)24(16-30)18-3-5-19(25)6-4-18/h2-9,12,14,24H,10-11,15-16H2/t24-/m0/s1. The van der Waals surface area contributed by atoms with Crippen LogP contribution in [0.25, 0.3) is 4.85 Å². The van der Waals surface area contributed by atoms with Crippen molar-refractivity contribution < 1.29 is 0 Å². The predicted octanol–water partition coefficient (Wildman–Crippen LogP) is 5.87. The van der Waals surface area contributed by atoms with Gasteiger partial charge < -0.3 is 4.90 Å². The molecular weight excluding hydrogens is 429 g/mol. The van der Waals surface area contributed by atoms with Crippen LogP contribution in [0.4, 0.5) is 11.4 Å². The first-order chi connectivity index (χ1) is 15.1. The molecule has 0 bridgehead atoms. The molecule has 1 fully saturated rings. The Morgan fingerprint density at radius 2 is 1.90 bits per heavy atom. The Morgan fingerprint density at radius 1 is 1.10 bits per heavy atom. The van der Waals surface area contributed by atoms with Crippen molar-refractivity contribution in [2.75, 3.05) is 24.5 Å². The molecule has 2 heterocycles. The van der Waals surface area contributed by atoms with Crippen LogP contribution in [-0.2, 0) is 6.54 Å². The van der Waals surface area contributed by atoms with E-state index in [0.29, 0.717) is 27.8 Å². The number of nitriles is 1. The van der Waals surface area contributed by atoms with Crippen molar-refractivity contribution in [2.24, 2.45) is 0 Å². The molecule has 0 saturated carbocycles. The van der Waals surface area contributed by atoms with Gasteiger partial charge >= 0.3 is 0 Å². The summed E-state index contributed by atoms with van der Waals surface area (Å²) in [4.78, 5) is 12.5. The number of pyridine rings is 1. The van der Waals surface area contributed by atoms with E-state index >= 15 is 0 Å². The Hall–Kier alpha value is -3.09. The Balaban J connectivity index is 1.61. The second-order valence-corrected chi connectivity index (χ2v) is 8.24. The fraction of sp³-hybridized carbons (Fsp3) is 0.208. The van der Waals surface area contributed by atoms with Gasteiger partial charge in [-0.15, -0.1) is 0 Å². The number of hydrogen-bond acceptors (Lipinski definition) is 4. The summed E-state index contributed by atoms with van der Waals surface area (Å²) in [5, 5.41) is 10.4. The van der Waals surface area contributed by atoms with Crippen LogP contribution in [0.1, 0.15) is 22.9 Å². The van der Waals surface area contributed by atoms with E-state index < -0.39 is 0 Å². The maximum atomic E-state index is 9.16. The molecule has 7 heteroatoms. The Morgan fingerprint density at radius 3 is 2.55 bits per heavy atom. The summed E-state index contributed by atoms with van der Waals surface area (Å²) in [7, 11) is 0. The predicted molar refractivity (Wildman–Crippen MR) is 123 cm³/mol. The highest BCUT2D eigenvalue weighted by molar-refractivity contribution is 6.33. The zero-order valence-electron chi connectivity index (χ0n) is 16.7. The molecule has 3 aromatic rings. The zero-order valence-corrected chi connectivity index (χ0v) is 18.2. The lowest BCUT2D eigenvalue weighted by molar-refractivity contribution is 0.213. The lowest BCUT2D eigenvalue weighted by Gasteiger charge is -2.43. The van der Waals surface area contributed by atoms with Gasteiger partial charge in [-0.25, -0.2) is 4.85 Å². The highest BCUT2D eigenvalue weighted by atomic mass is 35.5. The third-order valence-electron chi connectivity index (χ3n) is 5.43. The van der Waals surface area contributed by atoms with Crippen LogP contribution in [0.5, 0.6) is 0 Å². The number of halogens is 2. The van der Waals surface area contributed by atoms with Gasteiger partial charge in [-0.2, -0.15) is 5.26 Å². The SMILES string of the molecule is [C-]#[N+]c1ccc(CN2CCN(c3ccc(C#N)cc3Cl)[C@H](c3ccc(Cl)cc3)C2)nc1. The maximum Gasteiger partial charge on any atom is 0.205 e. The summed E-state index contributed by atoms with van der Waals surface area (Å²) in [5.41, 5.74) is 4.09. The third kappa shape index (κ3) is 4.81. The highest BCUT2D eigenvalue weighted by Crippen LogP contribution is 2.36. The van der Waals surface area contributed by atoms with Crippen LogP contribution in [0.3, 0.4) is 0 Å². The van der Waals surface area contributed by atoms with Crippen LogP contribution in [0.2, 0.25) is 10.0 Å². The lowest BCUT2D eigenvalue weighted by Crippen LogP contribution is -2.48. The van der Waals surface area contributed by atoms with Crippen molar-refractivity contribution in [1.82, 2.24) is 9.88 Å². The van der Waals surface area contributed by atoms with Crippen molar-refractivity contribution in [3.8, 4) is 6.07 Å². The number of nitrogens with zero attached hydrogens (tertiary/aromatic N) is 5. The van der Waals surface area contributed by atoms with E-state index in [9.17, 15) is 0 Å². The minimum absolute atomic E-state index is 0.0685. The Bertz CT molecular complexity index is 1150. The summed E-state index contributed by atoms with van der Waals surface area (Å²) in [5.74, 6) is 0. The Labute approximate surface area is 191 Å². The van der Waals surface area contributed by atoms with E-state index in [2.05, 4.69) is 25.7 Å². The number of benzene rings is 2. The number of hydrogen-bond donors (Lipinski definition) is 0.